The summed E-state index contributed by atoms with van der Waals surface area (Å²) in [7, 11) is 0. The molecule has 1 amide bonds. The quantitative estimate of drug-likeness (QED) is 0.772. The van der Waals surface area contributed by atoms with Crippen molar-refractivity contribution in [3.63, 3.8) is 0 Å². The van der Waals surface area contributed by atoms with Gasteiger partial charge in [0.25, 0.3) is 5.91 Å². The van der Waals surface area contributed by atoms with Gasteiger partial charge in [-0.2, -0.15) is 0 Å². The summed E-state index contributed by atoms with van der Waals surface area (Å²) < 4.78 is 12.8. The lowest BCUT2D eigenvalue weighted by atomic mass is 10.3. The van der Waals surface area contributed by atoms with Crippen molar-refractivity contribution in [3.8, 4) is 0 Å². The van der Waals surface area contributed by atoms with E-state index in [1.165, 1.54) is 12.1 Å². The first-order chi connectivity index (χ1) is 11.2. The number of anilines is 3. The van der Waals surface area contributed by atoms with Crippen molar-refractivity contribution in [2.45, 2.75) is 0 Å². The highest BCUT2D eigenvalue weighted by molar-refractivity contribution is 6.02. The molecule has 0 aliphatic heterocycles. The lowest BCUT2D eigenvalue weighted by Crippen LogP contribution is -2.14. The fourth-order valence-corrected chi connectivity index (χ4v) is 1.92. The maximum atomic E-state index is 12.8. The molecule has 0 atom stereocenters. The number of nitrogens with one attached hydrogen (secondary N) is 2. The number of hydrogen-bond acceptors (Lipinski definition) is 4. The highest BCUT2D eigenvalue weighted by atomic mass is 19.1. The minimum atomic E-state index is -0.336. The van der Waals surface area contributed by atoms with E-state index in [0.29, 0.717) is 17.2 Å². The third kappa shape index (κ3) is 3.88. The molecule has 0 unspecified atom stereocenters. The van der Waals surface area contributed by atoms with Crippen molar-refractivity contribution in [2.75, 3.05) is 10.6 Å². The van der Waals surface area contributed by atoms with E-state index < -0.39 is 0 Å². The molecule has 114 valence electrons. The molecule has 0 aliphatic rings. The predicted molar refractivity (Wildman–Crippen MR) is 86.1 cm³/mol. The Morgan fingerprint density at radius 3 is 2.22 bits per heavy atom. The number of carbonyl (C=O) groups excluding carboxylic acids is 1. The molecule has 0 saturated carbocycles. The molecular weight excluding hydrogens is 295 g/mol. The summed E-state index contributed by atoms with van der Waals surface area (Å²) >= 11 is 0. The average molecular weight is 308 g/mol. The second-order valence-electron chi connectivity index (χ2n) is 4.76. The first kappa shape index (κ1) is 14.6. The van der Waals surface area contributed by atoms with Crippen LogP contribution >= 0.6 is 0 Å². The Labute approximate surface area is 132 Å². The van der Waals surface area contributed by atoms with Crippen molar-refractivity contribution in [2.24, 2.45) is 0 Å². The zero-order valence-electron chi connectivity index (χ0n) is 12.0. The van der Waals surface area contributed by atoms with Crippen LogP contribution in [0.25, 0.3) is 0 Å². The summed E-state index contributed by atoms with van der Waals surface area (Å²) in [5.41, 5.74) is 1.58. The smallest absolute Gasteiger partial charge is 0.276 e. The van der Waals surface area contributed by atoms with Crippen LogP contribution < -0.4 is 10.6 Å². The molecule has 6 heteroatoms. The molecule has 0 radical (unpaired) electrons. The van der Waals surface area contributed by atoms with Crippen LogP contribution in [0.3, 0.4) is 0 Å². The van der Waals surface area contributed by atoms with Crippen molar-refractivity contribution < 1.29 is 9.18 Å². The number of amides is 1. The molecule has 5 nitrogen and oxygen atoms in total. The Morgan fingerprint density at radius 2 is 1.57 bits per heavy atom. The number of halogens is 1. The molecule has 2 aromatic carbocycles. The van der Waals surface area contributed by atoms with E-state index in [1.807, 2.05) is 18.2 Å². The lowest BCUT2D eigenvalue weighted by molar-refractivity contribution is 0.102. The van der Waals surface area contributed by atoms with E-state index in [0.717, 1.165) is 0 Å². The van der Waals surface area contributed by atoms with Crippen molar-refractivity contribution in [1.29, 1.82) is 0 Å². The lowest BCUT2D eigenvalue weighted by Gasteiger charge is -2.06. The minimum Gasteiger partial charge on any atom is -0.339 e. The second-order valence-corrected chi connectivity index (χ2v) is 4.76. The van der Waals surface area contributed by atoms with Crippen LogP contribution in [0.2, 0.25) is 0 Å². The average Bonchev–Trinajstić information content (AvgIpc) is 2.58. The second kappa shape index (κ2) is 6.65. The summed E-state index contributed by atoms with van der Waals surface area (Å²) in [4.78, 5) is 12.0. The van der Waals surface area contributed by atoms with Gasteiger partial charge < -0.3 is 10.6 Å². The molecule has 3 rings (SSSR count). The van der Waals surface area contributed by atoms with Gasteiger partial charge in [-0.1, -0.05) is 18.2 Å². The third-order valence-electron chi connectivity index (χ3n) is 3.05. The molecule has 0 bridgehead atoms. The highest BCUT2D eigenvalue weighted by Gasteiger charge is 2.08. The zero-order chi connectivity index (χ0) is 16.1. The molecule has 3 aromatic rings. The van der Waals surface area contributed by atoms with Crippen LogP contribution in [0.1, 0.15) is 10.5 Å². The van der Waals surface area contributed by atoms with Gasteiger partial charge in [-0.25, -0.2) is 4.39 Å². The van der Waals surface area contributed by atoms with Crippen molar-refractivity contribution in [1.82, 2.24) is 10.2 Å². The largest absolute Gasteiger partial charge is 0.339 e. The molecule has 1 aromatic heterocycles. The van der Waals surface area contributed by atoms with E-state index in [9.17, 15) is 9.18 Å². The van der Waals surface area contributed by atoms with E-state index in [4.69, 9.17) is 0 Å². The highest BCUT2D eigenvalue weighted by Crippen LogP contribution is 2.14. The van der Waals surface area contributed by atoms with Gasteiger partial charge in [0.2, 0.25) is 0 Å². The normalized spacial score (nSPS) is 10.1. The Kier molecular flexibility index (Phi) is 4.24. The molecule has 0 saturated heterocycles. The van der Waals surface area contributed by atoms with Gasteiger partial charge in [0.15, 0.2) is 11.5 Å². The summed E-state index contributed by atoms with van der Waals surface area (Å²) in [5, 5.41) is 13.5. The van der Waals surface area contributed by atoms with Crippen LogP contribution in [0, 0.1) is 5.82 Å². The van der Waals surface area contributed by atoms with Gasteiger partial charge >= 0.3 is 0 Å². The number of benzene rings is 2. The molecule has 0 aliphatic carbocycles. The van der Waals surface area contributed by atoms with Crippen LogP contribution in [0.15, 0.2) is 66.7 Å². The monoisotopic (exact) mass is 308 g/mol. The predicted octanol–water partition coefficient (Wildman–Crippen LogP) is 3.61. The summed E-state index contributed by atoms with van der Waals surface area (Å²) in [5.74, 6) is -0.181. The van der Waals surface area contributed by atoms with Crippen LogP contribution in [-0.2, 0) is 0 Å². The molecule has 0 fully saturated rings. The standard InChI is InChI=1S/C17H13FN4O/c18-12-6-8-14(9-7-12)19-16-11-10-15(21-22-16)17(23)20-13-4-2-1-3-5-13/h1-11H,(H,19,22)(H,20,23). The molecular formula is C17H13FN4O. The Bertz CT molecular complexity index is 789. The van der Waals surface area contributed by atoms with Crippen LogP contribution in [-0.4, -0.2) is 16.1 Å². The van der Waals surface area contributed by atoms with E-state index in [1.54, 1.807) is 36.4 Å². The van der Waals surface area contributed by atoms with Gasteiger partial charge in [-0.15, -0.1) is 10.2 Å². The van der Waals surface area contributed by atoms with Gasteiger partial charge in [-0.05, 0) is 48.5 Å². The SMILES string of the molecule is O=C(Nc1ccccc1)c1ccc(Nc2ccc(F)cc2)nn1. The Morgan fingerprint density at radius 1 is 0.826 bits per heavy atom. The fourth-order valence-electron chi connectivity index (χ4n) is 1.92. The van der Waals surface area contributed by atoms with Crippen molar-refractivity contribution in [3.05, 3.63) is 78.2 Å². The summed E-state index contributed by atoms with van der Waals surface area (Å²) in [6, 6.07) is 18.2. The van der Waals surface area contributed by atoms with Crippen molar-refractivity contribution >= 4 is 23.1 Å². The summed E-state index contributed by atoms with van der Waals surface area (Å²) in [6.45, 7) is 0. The van der Waals surface area contributed by atoms with Gasteiger partial charge in [-0.3, -0.25) is 4.79 Å². The van der Waals surface area contributed by atoms with Crippen LogP contribution in [0.4, 0.5) is 21.6 Å². The summed E-state index contributed by atoms with van der Waals surface area (Å²) in [6.07, 6.45) is 0. The number of aromatic nitrogens is 2. The zero-order valence-corrected chi connectivity index (χ0v) is 12.0. The number of nitrogens with zero attached hydrogens (tertiary/aromatic N) is 2. The molecule has 2 N–H and O–H groups in total. The first-order valence-electron chi connectivity index (χ1n) is 6.93. The third-order valence-corrected chi connectivity index (χ3v) is 3.05. The van der Waals surface area contributed by atoms with E-state index >= 15 is 0 Å². The van der Waals surface area contributed by atoms with E-state index in [-0.39, 0.29) is 17.4 Å². The topological polar surface area (TPSA) is 66.9 Å². The van der Waals surface area contributed by atoms with Crippen LogP contribution in [0.5, 0.6) is 0 Å². The number of carbonyl (C=O) groups is 1. The molecule has 23 heavy (non-hydrogen) atoms. The van der Waals surface area contributed by atoms with Gasteiger partial charge in [0.05, 0.1) is 0 Å². The Hall–Kier alpha value is -3.28. The molecule has 1 heterocycles. The first-order valence-corrected chi connectivity index (χ1v) is 6.93. The van der Waals surface area contributed by atoms with Gasteiger partial charge in [0.1, 0.15) is 5.82 Å². The number of hydrogen-bond donors (Lipinski definition) is 2. The number of rotatable bonds is 4. The Balaban J connectivity index is 1.66. The maximum Gasteiger partial charge on any atom is 0.276 e. The molecule has 0 spiro atoms. The minimum absolute atomic E-state index is 0.207. The fraction of sp³-hybridized carbons (Fsp3) is 0. The van der Waals surface area contributed by atoms with E-state index in [2.05, 4.69) is 20.8 Å². The van der Waals surface area contributed by atoms with Gasteiger partial charge in [0, 0.05) is 11.4 Å². The number of para-hydroxylation sites is 1. The maximum absolute atomic E-state index is 12.8.